The summed E-state index contributed by atoms with van der Waals surface area (Å²) in [5.74, 6) is 11.5. The molecule has 0 heterocycles. The smallest absolute Gasteiger partial charge is 0.270 e. The maximum absolute atomic E-state index is 11.8. The summed E-state index contributed by atoms with van der Waals surface area (Å²) in [5.41, 5.74) is 4.18. The zero-order valence-electron chi connectivity index (χ0n) is 14.7. The first-order valence-electron chi connectivity index (χ1n) is 8.23. The molecule has 0 saturated carbocycles. The fraction of sp³-hybridized carbons (Fsp3) is 0.261. The molecule has 24 heavy (non-hydrogen) atoms. The molecular weight excluding hydrogens is 292 g/mol. The Balaban J connectivity index is 2.04. The molecule has 2 rings (SSSR count). The molecule has 0 N–H and O–H groups in total. The van der Waals surface area contributed by atoms with Crippen molar-refractivity contribution < 1.29 is 4.79 Å². The predicted molar refractivity (Wildman–Crippen MR) is 99.8 cm³/mol. The standard InChI is InChI=1S/C23H22O/c1-17(2)21-11-5-19(6-12-21)9-15-23(24)16-10-20-7-13-22(14-8-20)18(3)4/h5-8,11-14,17-18H,1-4H3. The Bertz CT molecular complexity index is 743. The second-order valence-corrected chi connectivity index (χ2v) is 6.38. The minimum atomic E-state index is -0.365. The summed E-state index contributed by atoms with van der Waals surface area (Å²) in [6.45, 7) is 8.59. The van der Waals surface area contributed by atoms with Gasteiger partial charge in [-0.25, -0.2) is 0 Å². The number of rotatable bonds is 2. The SMILES string of the molecule is CC(C)c1ccc(C#CC(=O)C#Cc2ccc(C(C)C)cc2)cc1. The van der Waals surface area contributed by atoms with Gasteiger partial charge in [-0.2, -0.15) is 0 Å². The van der Waals surface area contributed by atoms with Gasteiger partial charge in [0.2, 0.25) is 0 Å². The molecule has 0 amide bonds. The van der Waals surface area contributed by atoms with Crippen molar-refractivity contribution in [2.24, 2.45) is 0 Å². The van der Waals surface area contributed by atoms with Crippen molar-refractivity contribution >= 4 is 5.78 Å². The average molecular weight is 314 g/mol. The zero-order valence-corrected chi connectivity index (χ0v) is 14.7. The van der Waals surface area contributed by atoms with E-state index < -0.39 is 0 Å². The molecule has 1 heteroatoms. The molecule has 0 saturated heterocycles. The number of hydrogen-bond acceptors (Lipinski definition) is 1. The fourth-order valence-electron chi connectivity index (χ4n) is 2.19. The van der Waals surface area contributed by atoms with E-state index in [2.05, 4.69) is 51.4 Å². The van der Waals surface area contributed by atoms with E-state index in [1.54, 1.807) is 0 Å². The Morgan fingerprint density at radius 3 is 1.29 bits per heavy atom. The molecule has 0 aliphatic heterocycles. The summed E-state index contributed by atoms with van der Waals surface area (Å²) in [7, 11) is 0. The van der Waals surface area contributed by atoms with E-state index in [0.29, 0.717) is 11.8 Å². The summed E-state index contributed by atoms with van der Waals surface area (Å²) >= 11 is 0. The van der Waals surface area contributed by atoms with Gasteiger partial charge in [-0.3, -0.25) is 4.79 Å². The quantitative estimate of drug-likeness (QED) is 0.720. The molecule has 0 aliphatic rings. The van der Waals surface area contributed by atoms with E-state index in [4.69, 9.17) is 0 Å². The highest BCUT2D eigenvalue weighted by Crippen LogP contribution is 2.15. The lowest BCUT2D eigenvalue weighted by Crippen LogP contribution is -1.90. The maximum Gasteiger partial charge on any atom is 0.279 e. The van der Waals surface area contributed by atoms with Gasteiger partial charge in [0.25, 0.3) is 5.78 Å². The highest BCUT2D eigenvalue weighted by molar-refractivity contribution is 6.09. The summed E-state index contributed by atoms with van der Waals surface area (Å²) in [6.07, 6.45) is 0. The minimum Gasteiger partial charge on any atom is -0.270 e. The second-order valence-electron chi connectivity index (χ2n) is 6.38. The van der Waals surface area contributed by atoms with Crippen molar-refractivity contribution in [2.75, 3.05) is 0 Å². The number of benzene rings is 2. The summed E-state index contributed by atoms with van der Waals surface area (Å²) < 4.78 is 0. The molecule has 1 nitrogen and oxygen atoms in total. The van der Waals surface area contributed by atoms with Crippen molar-refractivity contribution in [3.8, 4) is 23.7 Å². The molecule has 0 radical (unpaired) electrons. The molecule has 0 bridgehead atoms. The van der Waals surface area contributed by atoms with E-state index in [-0.39, 0.29) is 5.78 Å². The van der Waals surface area contributed by atoms with Crippen LogP contribution in [0.1, 0.15) is 61.8 Å². The molecule has 0 unspecified atom stereocenters. The Labute approximate surface area is 145 Å². The van der Waals surface area contributed by atoms with E-state index in [1.807, 2.05) is 48.5 Å². The third-order valence-corrected chi connectivity index (χ3v) is 3.80. The average Bonchev–Trinajstić information content (AvgIpc) is 2.58. The minimum absolute atomic E-state index is 0.365. The van der Waals surface area contributed by atoms with E-state index in [9.17, 15) is 4.79 Å². The van der Waals surface area contributed by atoms with Crippen molar-refractivity contribution in [1.29, 1.82) is 0 Å². The topological polar surface area (TPSA) is 17.1 Å². The molecule has 0 aliphatic carbocycles. The van der Waals surface area contributed by atoms with Gasteiger partial charge in [0.1, 0.15) is 0 Å². The Kier molecular flexibility index (Phi) is 6.00. The Hall–Kier alpha value is -2.77. The highest BCUT2D eigenvalue weighted by atomic mass is 16.1. The molecule has 120 valence electrons. The number of carbonyl (C=O) groups is 1. The summed E-state index contributed by atoms with van der Waals surface area (Å²) in [6, 6.07) is 15.9. The Morgan fingerprint density at radius 2 is 1.00 bits per heavy atom. The normalized spacial score (nSPS) is 9.92. The van der Waals surface area contributed by atoms with Gasteiger partial charge in [-0.05, 0) is 59.1 Å². The first kappa shape index (κ1) is 17.6. The third-order valence-electron chi connectivity index (χ3n) is 3.80. The van der Waals surface area contributed by atoms with Crippen LogP contribution < -0.4 is 0 Å². The lowest BCUT2D eigenvalue weighted by molar-refractivity contribution is -0.108. The lowest BCUT2D eigenvalue weighted by Gasteiger charge is -2.03. The van der Waals surface area contributed by atoms with E-state index >= 15 is 0 Å². The van der Waals surface area contributed by atoms with E-state index in [0.717, 1.165) is 11.1 Å². The van der Waals surface area contributed by atoms with Crippen LogP contribution in [0.15, 0.2) is 48.5 Å². The second kappa shape index (κ2) is 8.19. The zero-order chi connectivity index (χ0) is 17.5. The van der Waals surface area contributed by atoms with Crippen LogP contribution in [0.4, 0.5) is 0 Å². The number of Topliss-reactive ketones (excluding diaryl/α,β-unsaturated/α-hetero) is 1. The first-order valence-corrected chi connectivity index (χ1v) is 8.23. The molecule has 0 atom stereocenters. The van der Waals surface area contributed by atoms with Crippen LogP contribution >= 0.6 is 0 Å². The van der Waals surface area contributed by atoms with Crippen LogP contribution in [0.3, 0.4) is 0 Å². The van der Waals surface area contributed by atoms with Gasteiger partial charge in [0, 0.05) is 11.1 Å². The van der Waals surface area contributed by atoms with Gasteiger partial charge in [0.05, 0.1) is 0 Å². The Morgan fingerprint density at radius 1 is 0.667 bits per heavy atom. The number of ketones is 1. The van der Waals surface area contributed by atoms with Crippen molar-refractivity contribution in [2.45, 2.75) is 39.5 Å². The van der Waals surface area contributed by atoms with Crippen molar-refractivity contribution in [3.63, 3.8) is 0 Å². The number of carbonyl (C=O) groups excluding carboxylic acids is 1. The molecule has 2 aromatic rings. The van der Waals surface area contributed by atoms with Crippen LogP contribution in [0.25, 0.3) is 0 Å². The lowest BCUT2D eigenvalue weighted by atomic mass is 10.0. The van der Waals surface area contributed by atoms with Gasteiger partial charge in [-0.1, -0.05) is 63.8 Å². The maximum atomic E-state index is 11.8. The van der Waals surface area contributed by atoms with Crippen LogP contribution in [0.5, 0.6) is 0 Å². The fourth-order valence-corrected chi connectivity index (χ4v) is 2.19. The van der Waals surface area contributed by atoms with Crippen molar-refractivity contribution in [1.82, 2.24) is 0 Å². The van der Waals surface area contributed by atoms with Crippen LogP contribution in [-0.2, 0) is 4.79 Å². The molecular formula is C23H22O. The highest BCUT2D eigenvalue weighted by Gasteiger charge is 1.98. The third kappa shape index (κ3) is 5.15. The van der Waals surface area contributed by atoms with E-state index in [1.165, 1.54) is 11.1 Å². The van der Waals surface area contributed by atoms with Gasteiger partial charge in [-0.15, -0.1) is 0 Å². The van der Waals surface area contributed by atoms with Crippen molar-refractivity contribution in [3.05, 3.63) is 70.8 Å². The van der Waals surface area contributed by atoms with Crippen LogP contribution in [0, 0.1) is 23.7 Å². The first-order chi connectivity index (χ1) is 11.5. The number of hydrogen-bond donors (Lipinski definition) is 0. The molecule has 2 aromatic carbocycles. The van der Waals surface area contributed by atoms with Gasteiger partial charge >= 0.3 is 0 Å². The monoisotopic (exact) mass is 314 g/mol. The van der Waals surface area contributed by atoms with Gasteiger partial charge < -0.3 is 0 Å². The largest absolute Gasteiger partial charge is 0.279 e. The predicted octanol–water partition coefficient (Wildman–Crippen LogP) is 4.91. The van der Waals surface area contributed by atoms with Gasteiger partial charge in [0.15, 0.2) is 0 Å². The molecule has 0 fully saturated rings. The van der Waals surface area contributed by atoms with Crippen LogP contribution in [-0.4, -0.2) is 5.78 Å². The summed E-state index contributed by atoms with van der Waals surface area (Å²) in [4.78, 5) is 11.8. The summed E-state index contributed by atoms with van der Waals surface area (Å²) in [5, 5.41) is 0. The molecule has 0 spiro atoms. The van der Waals surface area contributed by atoms with Crippen LogP contribution in [0.2, 0.25) is 0 Å². The molecule has 0 aromatic heterocycles.